The lowest BCUT2D eigenvalue weighted by Crippen LogP contribution is -2.05. The smallest absolute Gasteiger partial charge is 0.239 e. The molecule has 0 spiro atoms. The highest BCUT2D eigenvalue weighted by Crippen LogP contribution is 2.06. The molecule has 0 fully saturated rings. The van der Waals surface area contributed by atoms with Gasteiger partial charge in [-0.3, -0.25) is 4.40 Å². The Bertz CT molecular complexity index is 405. The van der Waals surface area contributed by atoms with Gasteiger partial charge >= 0.3 is 0 Å². The molecule has 0 saturated carbocycles. The second kappa shape index (κ2) is 2.33. The maximum absolute atomic E-state index is 5.44. The zero-order valence-electron chi connectivity index (χ0n) is 6.52. The number of hydrogen-bond donors (Lipinski definition) is 2. The molecule has 0 aliphatic heterocycles. The molecule has 3 N–H and O–H groups in total. The number of nitrogens with one attached hydrogen (secondary N) is 1. The van der Waals surface area contributed by atoms with Crippen LogP contribution >= 0.6 is 0 Å². The Labute approximate surface area is 68.5 Å². The van der Waals surface area contributed by atoms with Crippen LogP contribution in [0.3, 0.4) is 0 Å². The Morgan fingerprint density at radius 2 is 2.33 bits per heavy atom. The normalized spacial score (nSPS) is 10.4. The van der Waals surface area contributed by atoms with E-state index in [9.17, 15) is 0 Å². The van der Waals surface area contributed by atoms with Crippen LogP contribution in [0.1, 0.15) is 0 Å². The zero-order chi connectivity index (χ0) is 8.55. The summed E-state index contributed by atoms with van der Waals surface area (Å²) in [6.07, 6.45) is 3.41. The molecule has 62 valence electrons. The summed E-state index contributed by atoms with van der Waals surface area (Å²) in [4.78, 5) is 11.9. The third-order valence-electron chi connectivity index (χ3n) is 1.51. The number of rotatable bonds is 1. The molecule has 2 aromatic rings. The molecular weight excluding hydrogens is 156 g/mol. The molecule has 2 rings (SSSR count). The van der Waals surface area contributed by atoms with Crippen molar-refractivity contribution in [2.45, 2.75) is 0 Å². The summed E-state index contributed by atoms with van der Waals surface area (Å²) < 4.78 is 1.72. The second-order valence-electron chi connectivity index (χ2n) is 2.25. The number of aromatic nitrogens is 4. The third kappa shape index (κ3) is 0.849. The predicted molar refractivity (Wildman–Crippen MR) is 44.7 cm³/mol. The average Bonchev–Trinajstić information content (AvgIpc) is 2.50. The van der Waals surface area contributed by atoms with Crippen LogP contribution < -0.4 is 11.1 Å². The number of hydrogen-bond acceptors (Lipinski definition) is 5. The van der Waals surface area contributed by atoms with Gasteiger partial charge in [-0.25, -0.2) is 4.98 Å². The summed E-state index contributed by atoms with van der Waals surface area (Å²) in [5, 5.41) is 2.89. The van der Waals surface area contributed by atoms with Crippen LogP contribution in [0.2, 0.25) is 0 Å². The fraction of sp³-hybridized carbons (Fsp3) is 0.167. The molecule has 6 nitrogen and oxygen atoms in total. The Balaban J connectivity index is 2.80. The molecular formula is C6H8N6. The van der Waals surface area contributed by atoms with Crippen LogP contribution in [-0.2, 0) is 0 Å². The summed E-state index contributed by atoms with van der Waals surface area (Å²) in [7, 11) is 1.77. The van der Waals surface area contributed by atoms with Gasteiger partial charge in [-0.1, -0.05) is 0 Å². The number of imidazole rings is 1. The van der Waals surface area contributed by atoms with Gasteiger partial charge in [0.15, 0.2) is 0 Å². The van der Waals surface area contributed by atoms with Crippen molar-refractivity contribution in [1.29, 1.82) is 0 Å². The number of nitrogen functional groups attached to an aromatic ring is 1. The van der Waals surface area contributed by atoms with E-state index in [2.05, 4.69) is 20.3 Å². The lowest BCUT2D eigenvalue weighted by Gasteiger charge is -2.02. The quantitative estimate of drug-likeness (QED) is 0.607. The zero-order valence-corrected chi connectivity index (χ0v) is 6.52. The van der Waals surface area contributed by atoms with E-state index >= 15 is 0 Å². The molecule has 0 amide bonds. The maximum Gasteiger partial charge on any atom is 0.239 e. The SMILES string of the molecule is CNc1nc(N)nc2nccn12. The Hall–Kier alpha value is -1.85. The van der Waals surface area contributed by atoms with Crippen LogP contribution in [-0.4, -0.2) is 26.4 Å². The Morgan fingerprint density at radius 1 is 1.50 bits per heavy atom. The molecule has 0 radical (unpaired) electrons. The molecule has 2 aromatic heterocycles. The van der Waals surface area contributed by atoms with Crippen molar-refractivity contribution < 1.29 is 0 Å². The van der Waals surface area contributed by atoms with E-state index in [1.807, 2.05) is 0 Å². The van der Waals surface area contributed by atoms with Crippen LogP contribution in [0.5, 0.6) is 0 Å². The van der Waals surface area contributed by atoms with E-state index in [4.69, 9.17) is 5.73 Å². The van der Waals surface area contributed by atoms with Gasteiger partial charge in [-0.05, 0) is 0 Å². The molecule has 12 heavy (non-hydrogen) atoms. The summed E-state index contributed by atoms with van der Waals surface area (Å²) >= 11 is 0. The lowest BCUT2D eigenvalue weighted by molar-refractivity contribution is 1.02. The molecule has 0 aliphatic carbocycles. The first-order valence-electron chi connectivity index (χ1n) is 3.45. The monoisotopic (exact) mass is 164 g/mol. The van der Waals surface area contributed by atoms with Crippen molar-refractivity contribution in [3.8, 4) is 0 Å². The lowest BCUT2D eigenvalue weighted by atomic mass is 10.8. The first kappa shape index (κ1) is 6.84. The van der Waals surface area contributed by atoms with Crippen LogP contribution in [0, 0.1) is 0 Å². The van der Waals surface area contributed by atoms with E-state index in [1.54, 1.807) is 23.8 Å². The van der Waals surface area contributed by atoms with Crippen LogP contribution in [0.25, 0.3) is 5.78 Å². The van der Waals surface area contributed by atoms with Crippen molar-refractivity contribution in [2.24, 2.45) is 0 Å². The molecule has 0 aromatic carbocycles. The molecule has 0 unspecified atom stereocenters. The average molecular weight is 164 g/mol. The highest BCUT2D eigenvalue weighted by Gasteiger charge is 2.02. The number of fused-ring (bicyclic) bond motifs is 1. The van der Waals surface area contributed by atoms with Gasteiger partial charge < -0.3 is 11.1 Å². The van der Waals surface area contributed by atoms with E-state index < -0.39 is 0 Å². The summed E-state index contributed by atoms with van der Waals surface area (Å²) in [6.45, 7) is 0. The van der Waals surface area contributed by atoms with Gasteiger partial charge in [0.05, 0.1) is 0 Å². The van der Waals surface area contributed by atoms with Gasteiger partial charge in [-0.2, -0.15) is 9.97 Å². The van der Waals surface area contributed by atoms with Gasteiger partial charge in [-0.15, -0.1) is 0 Å². The third-order valence-corrected chi connectivity index (χ3v) is 1.51. The predicted octanol–water partition coefficient (Wildman–Crippen LogP) is -0.252. The second-order valence-corrected chi connectivity index (χ2v) is 2.25. The highest BCUT2D eigenvalue weighted by molar-refractivity contribution is 5.43. The van der Waals surface area contributed by atoms with E-state index in [0.717, 1.165) is 0 Å². The minimum atomic E-state index is 0.220. The van der Waals surface area contributed by atoms with Crippen molar-refractivity contribution in [1.82, 2.24) is 19.4 Å². The summed E-state index contributed by atoms with van der Waals surface area (Å²) in [6, 6.07) is 0. The molecule has 2 heterocycles. The molecule has 0 aliphatic rings. The van der Waals surface area contributed by atoms with E-state index in [1.165, 1.54) is 0 Å². The number of nitrogens with two attached hydrogens (primary N) is 1. The highest BCUT2D eigenvalue weighted by atomic mass is 15.3. The van der Waals surface area contributed by atoms with Crippen molar-refractivity contribution in [2.75, 3.05) is 18.1 Å². The van der Waals surface area contributed by atoms with Gasteiger partial charge in [0, 0.05) is 19.4 Å². The molecule has 0 bridgehead atoms. The standard InChI is InChI=1S/C6H8N6/c1-8-5-10-4(7)11-6-9-2-3-12(5)6/h2-3H,1H3,(H3,7,8,9,10,11). The minimum absolute atomic E-state index is 0.220. The largest absolute Gasteiger partial charge is 0.368 e. The Kier molecular flexibility index (Phi) is 1.33. The van der Waals surface area contributed by atoms with Crippen molar-refractivity contribution >= 4 is 17.7 Å². The molecule has 0 saturated heterocycles. The van der Waals surface area contributed by atoms with Crippen LogP contribution in [0.15, 0.2) is 12.4 Å². The van der Waals surface area contributed by atoms with Crippen molar-refractivity contribution in [3.05, 3.63) is 12.4 Å². The van der Waals surface area contributed by atoms with Crippen LogP contribution in [0.4, 0.5) is 11.9 Å². The first-order valence-corrected chi connectivity index (χ1v) is 3.45. The van der Waals surface area contributed by atoms with Gasteiger partial charge in [0.25, 0.3) is 0 Å². The number of anilines is 2. The topological polar surface area (TPSA) is 81.1 Å². The number of nitrogens with zero attached hydrogens (tertiary/aromatic N) is 4. The molecule has 6 heteroatoms. The fourth-order valence-electron chi connectivity index (χ4n) is 1.01. The first-order chi connectivity index (χ1) is 5.81. The van der Waals surface area contributed by atoms with Gasteiger partial charge in [0.2, 0.25) is 17.7 Å². The summed E-state index contributed by atoms with van der Waals surface area (Å²) in [5.74, 6) is 1.40. The maximum atomic E-state index is 5.44. The van der Waals surface area contributed by atoms with E-state index in [0.29, 0.717) is 11.7 Å². The van der Waals surface area contributed by atoms with Crippen molar-refractivity contribution in [3.63, 3.8) is 0 Å². The molecule has 0 atom stereocenters. The minimum Gasteiger partial charge on any atom is -0.368 e. The van der Waals surface area contributed by atoms with Gasteiger partial charge in [0.1, 0.15) is 0 Å². The fourth-order valence-corrected chi connectivity index (χ4v) is 1.01. The van der Waals surface area contributed by atoms with E-state index in [-0.39, 0.29) is 5.95 Å². The summed E-state index contributed by atoms with van der Waals surface area (Å²) in [5.41, 5.74) is 5.44. The Morgan fingerprint density at radius 3 is 3.08 bits per heavy atom.